The van der Waals surface area contributed by atoms with Gasteiger partial charge in [-0.2, -0.15) is 0 Å². The van der Waals surface area contributed by atoms with Gasteiger partial charge < -0.3 is 24.2 Å². The van der Waals surface area contributed by atoms with Crippen LogP contribution in [0.3, 0.4) is 0 Å². The monoisotopic (exact) mass is 453 g/mol. The second kappa shape index (κ2) is 11.0. The van der Waals surface area contributed by atoms with E-state index in [0.717, 1.165) is 5.56 Å². The molecule has 0 spiro atoms. The van der Waals surface area contributed by atoms with Crippen LogP contribution in [0.4, 0.5) is 0 Å². The quantitative estimate of drug-likeness (QED) is 0.249. The Kier molecular flexibility index (Phi) is 8.11. The van der Waals surface area contributed by atoms with Crippen molar-refractivity contribution in [1.29, 1.82) is 0 Å². The molecule has 1 fully saturated rings. The summed E-state index contributed by atoms with van der Waals surface area (Å²) in [6.45, 7) is 7.07. The Morgan fingerprint density at radius 2 is 1.67 bits per heavy atom. The molecule has 3 rings (SSSR count). The van der Waals surface area contributed by atoms with Crippen molar-refractivity contribution >= 4 is 17.4 Å². The molecule has 7 nitrogen and oxygen atoms in total. The number of methoxy groups -OCH3 is 1. The molecule has 1 aliphatic heterocycles. The molecule has 1 unspecified atom stereocenters. The van der Waals surface area contributed by atoms with Gasteiger partial charge in [-0.15, -0.1) is 0 Å². The van der Waals surface area contributed by atoms with Crippen LogP contribution >= 0.6 is 0 Å². The third-order valence-corrected chi connectivity index (χ3v) is 5.29. The number of hydrogen-bond acceptors (Lipinski definition) is 6. The van der Waals surface area contributed by atoms with Crippen molar-refractivity contribution in [3.63, 3.8) is 0 Å². The smallest absolute Gasteiger partial charge is 0.295 e. The van der Waals surface area contributed by atoms with Gasteiger partial charge in [0.25, 0.3) is 11.7 Å². The number of benzene rings is 2. The number of amides is 1. The number of nitrogens with zero attached hydrogens (tertiary/aromatic N) is 1. The summed E-state index contributed by atoms with van der Waals surface area (Å²) in [5, 5.41) is 11.1. The summed E-state index contributed by atoms with van der Waals surface area (Å²) in [5.74, 6) is -0.196. The Morgan fingerprint density at radius 3 is 2.24 bits per heavy atom. The maximum absolute atomic E-state index is 13.0. The van der Waals surface area contributed by atoms with E-state index in [0.29, 0.717) is 43.2 Å². The number of hydrogen-bond donors (Lipinski definition) is 1. The summed E-state index contributed by atoms with van der Waals surface area (Å²) < 4.78 is 16.3. The first-order valence-electron chi connectivity index (χ1n) is 11.1. The van der Waals surface area contributed by atoms with Crippen LogP contribution < -0.4 is 9.47 Å². The number of ketones is 1. The van der Waals surface area contributed by atoms with Crippen LogP contribution in [0, 0.1) is 0 Å². The number of rotatable bonds is 10. The van der Waals surface area contributed by atoms with Crippen LogP contribution in [0.15, 0.2) is 54.1 Å². The van der Waals surface area contributed by atoms with Gasteiger partial charge in [0.1, 0.15) is 17.3 Å². The molecule has 33 heavy (non-hydrogen) atoms. The zero-order valence-corrected chi connectivity index (χ0v) is 19.5. The van der Waals surface area contributed by atoms with E-state index in [1.54, 1.807) is 43.5 Å². The number of Topliss-reactive ketones (excluding diaryl/α,β-unsaturated/α-hetero) is 1. The van der Waals surface area contributed by atoms with E-state index in [9.17, 15) is 14.7 Å². The highest BCUT2D eigenvalue weighted by Crippen LogP contribution is 2.40. The normalized spacial score (nSPS) is 17.6. The lowest BCUT2D eigenvalue weighted by molar-refractivity contribution is -0.140. The van der Waals surface area contributed by atoms with Gasteiger partial charge in [0.05, 0.1) is 24.3 Å². The Bertz CT molecular complexity index is 994. The molecule has 1 heterocycles. The molecular formula is C26H31NO6. The van der Waals surface area contributed by atoms with E-state index < -0.39 is 17.7 Å². The third kappa shape index (κ3) is 5.54. The molecule has 176 valence electrons. The number of ether oxygens (including phenoxy) is 3. The number of aliphatic hydroxyl groups is 1. The lowest BCUT2D eigenvalue weighted by Crippen LogP contribution is -2.31. The SMILES string of the molecule is CCOc1ccc(C2/C(=C(/O)c3ccc(OC(C)C)cc3)C(=O)C(=O)N2CCCOC)cc1. The van der Waals surface area contributed by atoms with Crippen molar-refractivity contribution in [2.45, 2.75) is 39.3 Å². The summed E-state index contributed by atoms with van der Waals surface area (Å²) in [6.07, 6.45) is 0.583. The highest BCUT2D eigenvalue weighted by molar-refractivity contribution is 6.46. The maximum Gasteiger partial charge on any atom is 0.295 e. The minimum Gasteiger partial charge on any atom is -0.507 e. The van der Waals surface area contributed by atoms with E-state index in [-0.39, 0.29) is 17.4 Å². The molecule has 2 aromatic rings. The fourth-order valence-electron chi connectivity index (χ4n) is 3.87. The minimum atomic E-state index is -0.705. The zero-order chi connectivity index (χ0) is 24.0. The van der Waals surface area contributed by atoms with Crippen molar-refractivity contribution in [1.82, 2.24) is 4.90 Å². The summed E-state index contributed by atoms with van der Waals surface area (Å²) >= 11 is 0. The fourth-order valence-corrected chi connectivity index (χ4v) is 3.87. The summed E-state index contributed by atoms with van der Waals surface area (Å²) in [4.78, 5) is 27.5. The van der Waals surface area contributed by atoms with Crippen LogP contribution in [0.25, 0.3) is 5.76 Å². The Balaban J connectivity index is 2.03. The molecular weight excluding hydrogens is 422 g/mol. The van der Waals surface area contributed by atoms with Crippen molar-refractivity contribution < 1.29 is 28.9 Å². The van der Waals surface area contributed by atoms with Crippen molar-refractivity contribution in [3.05, 3.63) is 65.2 Å². The Morgan fingerprint density at radius 1 is 1.03 bits per heavy atom. The van der Waals surface area contributed by atoms with E-state index in [2.05, 4.69) is 0 Å². The van der Waals surface area contributed by atoms with Crippen molar-refractivity contribution in [2.24, 2.45) is 0 Å². The van der Waals surface area contributed by atoms with Gasteiger partial charge in [0.15, 0.2) is 0 Å². The zero-order valence-electron chi connectivity index (χ0n) is 19.5. The molecule has 1 saturated heterocycles. The maximum atomic E-state index is 13.0. The van der Waals surface area contributed by atoms with Gasteiger partial charge in [-0.05, 0) is 69.2 Å². The van der Waals surface area contributed by atoms with E-state index in [1.165, 1.54) is 4.90 Å². The molecule has 1 N–H and O–H groups in total. The highest BCUT2D eigenvalue weighted by Gasteiger charge is 2.45. The molecule has 0 aliphatic carbocycles. The number of carbonyl (C=O) groups excluding carboxylic acids is 2. The molecule has 7 heteroatoms. The first-order valence-corrected chi connectivity index (χ1v) is 11.1. The van der Waals surface area contributed by atoms with Crippen molar-refractivity contribution in [3.8, 4) is 11.5 Å². The standard InChI is InChI=1S/C26H31NO6/c1-5-32-20-11-7-18(8-12-20)23-22(25(29)26(30)27(23)15-6-16-31-4)24(28)19-9-13-21(14-10-19)33-17(2)3/h7-14,17,23,28H,5-6,15-16H2,1-4H3/b24-22-. The molecule has 0 bridgehead atoms. The minimum absolute atomic E-state index is 0.0153. The van der Waals surface area contributed by atoms with Crippen LogP contribution in [-0.4, -0.2) is 54.7 Å². The average Bonchev–Trinajstić information content (AvgIpc) is 3.05. The summed E-state index contributed by atoms with van der Waals surface area (Å²) in [6, 6.07) is 13.4. The first kappa shape index (κ1) is 24.3. The average molecular weight is 454 g/mol. The Labute approximate surface area is 194 Å². The Hall–Kier alpha value is -3.32. The van der Waals surface area contributed by atoms with E-state index in [1.807, 2.05) is 32.9 Å². The van der Waals surface area contributed by atoms with Crippen LogP contribution in [0.5, 0.6) is 11.5 Å². The predicted octanol–water partition coefficient (Wildman–Crippen LogP) is 4.33. The molecule has 0 saturated carbocycles. The molecule has 0 aromatic heterocycles. The lowest BCUT2D eigenvalue weighted by atomic mass is 9.95. The van der Waals surface area contributed by atoms with Crippen LogP contribution in [0.1, 0.15) is 44.4 Å². The summed E-state index contributed by atoms with van der Waals surface area (Å²) in [5.41, 5.74) is 1.23. The molecule has 1 aliphatic rings. The highest BCUT2D eigenvalue weighted by atomic mass is 16.5. The number of carbonyl (C=O) groups is 2. The largest absolute Gasteiger partial charge is 0.507 e. The second-order valence-electron chi connectivity index (χ2n) is 8.03. The van der Waals surface area contributed by atoms with Gasteiger partial charge in [0, 0.05) is 25.8 Å². The van der Waals surface area contributed by atoms with Gasteiger partial charge in [-0.1, -0.05) is 12.1 Å². The fraction of sp³-hybridized carbons (Fsp3) is 0.385. The van der Waals surface area contributed by atoms with Gasteiger partial charge in [-0.25, -0.2) is 0 Å². The number of aliphatic hydroxyl groups excluding tert-OH is 1. The van der Waals surface area contributed by atoms with Crippen LogP contribution in [-0.2, 0) is 14.3 Å². The first-order chi connectivity index (χ1) is 15.9. The molecule has 1 atom stereocenters. The van der Waals surface area contributed by atoms with E-state index >= 15 is 0 Å². The second-order valence-corrected chi connectivity index (χ2v) is 8.03. The van der Waals surface area contributed by atoms with Crippen molar-refractivity contribution in [2.75, 3.05) is 26.9 Å². The van der Waals surface area contributed by atoms with Gasteiger partial charge in [0.2, 0.25) is 0 Å². The lowest BCUT2D eigenvalue weighted by Gasteiger charge is -2.25. The summed E-state index contributed by atoms with van der Waals surface area (Å²) in [7, 11) is 1.59. The predicted molar refractivity (Wildman–Crippen MR) is 125 cm³/mol. The van der Waals surface area contributed by atoms with E-state index in [4.69, 9.17) is 14.2 Å². The van der Waals surface area contributed by atoms with Gasteiger partial charge in [-0.3, -0.25) is 9.59 Å². The molecule has 0 radical (unpaired) electrons. The molecule has 1 amide bonds. The third-order valence-electron chi connectivity index (χ3n) is 5.29. The van der Waals surface area contributed by atoms with Crippen LogP contribution in [0.2, 0.25) is 0 Å². The molecule has 2 aromatic carbocycles. The topological polar surface area (TPSA) is 85.3 Å². The number of likely N-dealkylation sites (tertiary alicyclic amines) is 1. The van der Waals surface area contributed by atoms with Gasteiger partial charge >= 0.3 is 0 Å².